The quantitative estimate of drug-likeness (QED) is 0.733. The van der Waals surface area contributed by atoms with Gasteiger partial charge in [-0.05, 0) is 37.5 Å². The van der Waals surface area contributed by atoms with Gasteiger partial charge in [-0.15, -0.1) is 0 Å². The first-order chi connectivity index (χ1) is 10.1. The number of nitrogens with one attached hydrogen (secondary N) is 1. The van der Waals surface area contributed by atoms with Crippen LogP contribution >= 0.6 is 0 Å². The van der Waals surface area contributed by atoms with Gasteiger partial charge in [0.2, 0.25) is 0 Å². The Bertz CT molecular complexity index is 439. The summed E-state index contributed by atoms with van der Waals surface area (Å²) in [4.78, 5) is 0. The summed E-state index contributed by atoms with van der Waals surface area (Å²) in [7, 11) is 0. The van der Waals surface area contributed by atoms with E-state index in [1.165, 1.54) is 5.56 Å². The van der Waals surface area contributed by atoms with Crippen LogP contribution in [0, 0.1) is 16.7 Å². The van der Waals surface area contributed by atoms with Crippen molar-refractivity contribution in [2.45, 2.75) is 39.7 Å². The number of hydrogen-bond donors (Lipinski definition) is 2. The summed E-state index contributed by atoms with van der Waals surface area (Å²) in [5, 5.41) is 21.6. The molecule has 4 nitrogen and oxygen atoms in total. The minimum absolute atomic E-state index is 0.0376. The molecule has 2 N–H and O–H groups in total. The lowest BCUT2D eigenvalue weighted by Crippen LogP contribution is -2.37. The Hall–Kier alpha value is -1.57. The summed E-state index contributed by atoms with van der Waals surface area (Å²) in [6.45, 7) is 7.42. The summed E-state index contributed by atoms with van der Waals surface area (Å²) in [5.74, 6) is 0.708. The molecule has 0 aliphatic heterocycles. The molecule has 1 atom stereocenters. The molecule has 116 valence electrons. The van der Waals surface area contributed by atoms with E-state index in [-0.39, 0.29) is 24.7 Å². The van der Waals surface area contributed by atoms with Gasteiger partial charge in [0.25, 0.3) is 0 Å². The van der Waals surface area contributed by atoms with Crippen molar-refractivity contribution >= 4 is 0 Å². The molecule has 0 amide bonds. The Morgan fingerprint density at radius 3 is 2.38 bits per heavy atom. The van der Waals surface area contributed by atoms with Crippen LogP contribution in [-0.4, -0.2) is 24.9 Å². The number of rotatable bonds is 9. The van der Waals surface area contributed by atoms with Gasteiger partial charge in [0.15, 0.2) is 6.61 Å². The number of ether oxygens (including phenoxy) is 1. The molecule has 0 aliphatic rings. The molecule has 1 rings (SSSR count). The molecule has 0 saturated carbocycles. The fourth-order valence-electron chi connectivity index (χ4n) is 2.24. The van der Waals surface area contributed by atoms with E-state index in [9.17, 15) is 5.11 Å². The summed E-state index contributed by atoms with van der Waals surface area (Å²) >= 11 is 0. The average molecular weight is 290 g/mol. The molecule has 0 aliphatic carbocycles. The van der Waals surface area contributed by atoms with E-state index in [0.717, 1.165) is 19.4 Å². The average Bonchev–Trinajstić information content (AvgIpc) is 2.55. The topological polar surface area (TPSA) is 65.3 Å². The molecule has 0 bridgehead atoms. The largest absolute Gasteiger partial charge is 0.479 e. The first-order valence-corrected chi connectivity index (χ1v) is 7.54. The standard InChI is InChI=1S/C17H26N2O2/c1-4-17(5-2,13-20)12-19-14(3)15-6-8-16(9-7-15)21-11-10-18/h6-9,14,19-20H,4-5,11-13H2,1-3H3. The van der Waals surface area contributed by atoms with Gasteiger partial charge in [-0.25, -0.2) is 0 Å². The molecular formula is C17H26N2O2. The fourth-order valence-corrected chi connectivity index (χ4v) is 2.24. The van der Waals surface area contributed by atoms with Gasteiger partial charge < -0.3 is 15.2 Å². The van der Waals surface area contributed by atoms with E-state index in [4.69, 9.17) is 10.00 Å². The highest BCUT2D eigenvalue weighted by molar-refractivity contribution is 5.29. The molecule has 4 heteroatoms. The maximum atomic E-state index is 9.60. The normalized spacial score (nSPS) is 12.7. The van der Waals surface area contributed by atoms with Crippen LogP contribution in [0.1, 0.15) is 45.2 Å². The SMILES string of the molecule is CCC(CC)(CO)CNC(C)c1ccc(OCC#N)cc1. The van der Waals surface area contributed by atoms with Gasteiger partial charge in [-0.1, -0.05) is 26.0 Å². The van der Waals surface area contributed by atoms with Crippen LogP contribution in [0.4, 0.5) is 0 Å². The van der Waals surface area contributed by atoms with E-state index in [2.05, 4.69) is 26.1 Å². The predicted octanol–water partition coefficient (Wildman–Crippen LogP) is 3.04. The van der Waals surface area contributed by atoms with E-state index in [1.807, 2.05) is 30.3 Å². The van der Waals surface area contributed by atoms with Gasteiger partial charge in [-0.3, -0.25) is 0 Å². The number of hydrogen-bond acceptors (Lipinski definition) is 4. The van der Waals surface area contributed by atoms with Crippen LogP contribution in [0.3, 0.4) is 0 Å². The number of nitriles is 1. The van der Waals surface area contributed by atoms with Crippen LogP contribution in [0.25, 0.3) is 0 Å². The summed E-state index contributed by atoms with van der Waals surface area (Å²) in [6.07, 6.45) is 1.92. The van der Waals surface area contributed by atoms with Crippen LogP contribution in [0.5, 0.6) is 5.75 Å². The Balaban J connectivity index is 2.59. The third-order valence-electron chi connectivity index (χ3n) is 4.30. The lowest BCUT2D eigenvalue weighted by atomic mass is 9.83. The fraction of sp³-hybridized carbons (Fsp3) is 0.588. The third-order valence-corrected chi connectivity index (χ3v) is 4.30. The second-order valence-corrected chi connectivity index (χ2v) is 5.48. The molecule has 21 heavy (non-hydrogen) atoms. The zero-order chi connectivity index (χ0) is 15.7. The number of nitrogens with zero attached hydrogens (tertiary/aromatic N) is 1. The van der Waals surface area contributed by atoms with Crippen molar-refractivity contribution in [1.82, 2.24) is 5.32 Å². The molecule has 1 unspecified atom stereocenters. The van der Waals surface area contributed by atoms with E-state index in [1.54, 1.807) is 0 Å². The summed E-state index contributed by atoms with van der Waals surface area (Å²) in [6, 6.07) is 9.92. The Labute approximate surface area is 127 Å². The highest BCUT2D eigenvalue weighted by Gasteiger charge is 2.25. The van der Waals surface area contributed by atoms with Gasteiger partial charge >= 0.3 is 0 Å². The van der Waals surface area contributed by atoms with Crippen molar-refractivity contribution in [3.05, 3.63) is 29.8 Å². The zero-order valence-electron chi connectivity index (χ0n) is 13.2. The molecule has 0 radical (unpaired) electrons. The molecule has 0 saturated heterocycles. The Morgan fingerprint density at radius 1 is 1.29 bits per heavy atom. The molecule has 0 spiro atoms. The van der Waals surface area contributed by atoms with Crippen molar-refractivity contribution < 1.29 is 9.84 Å². The van der Waals surface area contributed by atoms with Gasteiger partial charge in [-0.2, -0.15) is 5.26 Å². The lowest BCUT2D eigenvalue weighted by molar-refractivity contribution is 0.110. The van der Waals surface area contributed by atoms with E-state index < -0.39 is 0 Å². The minimum Gasteiger partial charge on any atom is -0.479 e. The van der Waals surface area contributed by atoms with Gasteiger partial charge in [0, 0.05) is 24.6 Å². The summed E-state index contributed by atoms with van der Waals surface area (Å²) < 4.78 is 5.24. The monoisotopic (exact) mass is 290 g/mol. The van der Waals surface area contributed by atoms with Gasteiger partial charge in [0.05, 0.1) is 0 Å². The smallest absolute Gasteiger partial charge is 0.174 e. The molecule has 1 aromatic carbocycles. The molecular weight excluding hydrogens is 264 g/mol. The zero-order valence-corrected chi connectivity index (χ0v) is 13.2. The van der Waals surface area contributed by atoms with Crippen LogP contribution < -0.4 is 10.1 Å². The second kappa shape index (κ2) is 8.66. The highest BCUT2D eigenvalue weighted by Crippen LogP contribution is 2.26. The molecule has 0 fully saturated rings. The van der Waals surface area contributed by atoms with Crippen LogP contribution in [0.2, 0.25) is 0 Å². The van der Waals surface area contributed by atoms with Crippen molar-refractivity contribution in [2.75, 3.05) is 19.8 Å². The Kier molecular flexibility index (Phi) is 7.21. The van der Waals surface area contributed by atoms with E-state index >= 15 is 0 Å². The maximum Gasteiger partial charge on any atom is 0.174 e. The minimum atomic E-state index is -0.0376. The molecule has 0 aromatic heterocycles. The third kappa shape index (κ3) is 5.04. The number of benzene rings is 1. The number of aliphatic hydroxyl groups excluding tert-OH is 1. The van der Waals surface area contributed by atoms with Crippen molar-refractivity contribution in [1.29, 1.82) is 5.26 Å². The predicted molar refractivity (Wildman–Crippen MR) is 84.1 cm³/mol. The molecule has 1 aromatic rings. The molecule has 0 heterocycles. The van der Waals surface area contributed by atoms with Crippen molar-refractivity contribution in [3.8, 4) is 11.8 Å². The first-order valence-electron chi connectivity index (χ1n) is 7.54. The van der Waals surface area contributed by atoms with Gasteiger partial charge in [0.1, 0.15) is 11.8 Å². The van der Waals surface area contributed by atoms with Crippen LogP contribution in [0.15, 0.2) is 24.3 Å². The van der Waals surface area contributed by atoms with Crippen molar-refractivity contribution in [2.24, 2.45) is 5.41 Å². The second-order valence-electron chi connectivity index (χ2n) is 5.48. The maximum absolute atomic E-state index is 9.60. The van der Waals surface area contributed by atoms with Crippen molar-refractivity contribution in [3.63, 3.8) is 0 Å². The number of aliphatic hydroxyl groups is 1. The Morgan fingerprint density at radius 2 is 1.90 bits per heavy atom. The summed E-state index contributed by atoms with van der Waals surface area (Å²) in [5.41, 5.74) is 1.13. The van der Waals surface area contributed by atoms with E-state index in [0.29, 0.717) is 5.75 Å². The lowest BCUT2D eigenvalue weighted by Gasteiger charge is -2.31. The first kappa shape index (κ1) is 17.5. The van der Waals surface area contributed by atoms with Crippen LogP contribution in [-0.2, 0) is 0 Å². The highest BCUT2D eigenvalue weighted by atomic mass is 16.5.